The van der Waals surface area contributed by atoms with Gasteiger partial charge in [0, 0.05) is 11.3 Å². The van der Waals surface area contributed by atoms with Gasteiger partial charge in [-0.25, -0.2) is 4.98 Å². The third-order valence-corrected chi connectivity index (χ3v) is 3.69. The Bertz CT molecular complexity index is 523. The van der Waals surface area contributed by atoms with Crippen LogP contribution in [0.1, 0.15) is 29.7 Å². The maximum atomic E-state index is 5.23. The average molecular weight is 254 g/mol. The minimum Gasteiger partial charge on any atom is -0.299 e. The molecule has 0 aromatic carbocycles. The molecule has 0 aliphatic carbocycles. The van der Waals surface area contributed by atoms with Crippen LogP contribution in [0, 0.1) is 11.7 Å². The molecule has 86 valence electrons. The fraction of sp³-hybridized carbons (Fsp3) is 0.500. The zero-order chi connectivity index (χ0) is 11.5. The Morgan fingerprint density at radius 2 is 2.38 bits per heavy atom. The highest BCUT2D eigenvalue weighted by atomic mass is 32.1. The second-order valence-corrected chi connectivity index (χ2v) is 4.97. The first-order chi connectivity index (χ1) is 7.72. The zero-order valence-electron chi connectivity index (χ0n) is 9.36. The Kier molecular flexibility index (Phi) is 3.50. The van der Waals surface area contributed by atoms with Gasteiger partial charge < -0.3 is 0 Å². The van der Waals surface area contributed by atoms with E-state index in [1.54, 1.807) is 11.3 Å². The molecular weight excluding hydrogens is 240 g/mol. The van der Waals surface area contributed by atoms with Crippen LogP contribution in [0.2, 0.25) is 0 Å². The molecule has 0 unspecified atom stereocenters. The maximum Gasteiger partial charge on any atom is 0.195 e. The van der Waals surface area contributed by atoms with Crippen molar-refractivity contribution < 1.29 is 0 Å². The summed E-state index contributed by atoms with van der Waals surface area (Å²) in [6, 6.07) is 0. The number of aromatic amines is 1. The van der Waals surface area contributed by atoms with Crippen molar-refractivity contribution in [2.75, 3.05) is 0 Å². The highest BCUT2D eigenvalue weighted by molar-refractivity contribution is 7.71. The first kappa shape index (κ1) is 11.5. The van der Waals surface area contributed by atoms with Crippen molar-refractivity contribution in [1.82, 2.24) is 19.7 Å². The molecule has 1 N–H and O–H groups in total. The summed E-state index contributed by atoms with van der Waals surface area (Å²) < 4.78 is 2.75. The average Bonchev–Trinajstić information content (AvgIpc) is 2.80. The van der Waals surface area contributed by atoms with E-state index in [9.17, 15) is 0 Å². The molecular formula is C10H14N4S2. The van der Waals surface area contributed by atoms with Crippen LogP contribution < -0.4 is 0 Å². The van der Waals surface area contributed by atoms with E-state index in [-0.39, 0.29) is 0 Å². The number of nitrogens with zero attached hydrogens (tertiary/aromatic N) is 3. The number of aryl methyl sites for hydroxylation is 2. The van der Waals surface area contributed by atoms with Crippen LogP contribution in [-0.4, -0.2) is 19.7 Å². The molecule has 0 spiro atoms. The van der Waals surface area contributed by atoms with E-state index < -0.39 is 0 Å². The summed E-state index contributed by atoms with van der Waals surface area (Å²) in [5.41, 5.74) is 2.95. The molecule has 0 fully saturated rings. The fourth-order valence-corrected chi connectivity index (χ4v) is 2.53. The van der Waals surface area contributed by atoms with Crippen LogP contribution in [0.25, 0.3) is 0 Å². The largest absolute Gasteiger partial charge is 0.299 e. The standard InChI is InChI=1S/C10H14N4S2/c1-3-4-9-12-13-10(15)14(9)5-8-7(2)11-6-16-8/h6H,3-5H2,1-2H3,(H,13,15). The van der Waals surface area contributed by atoms with E-state index in [2.05, 4.69) is 26.7 Å². The first-order valence-corrected chi connectivity index (χ1v) is 6.54. The van der Waals surface area contributed by atoms with Crippen molar-refractivity contribution in [3.8, 4) is 0 Å². The number of nitrogens with one attached hydrogen (secondary N) is 1. The quantitative estimate of drug-likeness (QED) is 0.853. The van der Waals surface area contributed by atoms with Gasteiger partial charge in [0.2, 0.25) is 0 Å². The molecule has 0 amide bonds. The lowest BCUT2D eigenvalue weighted by Gasteiger charge is -2.04. The summed E-state index contributed by atoms with van der Waals surface area (Å²) in [7, 11) is 0. The SMILES string of the molecule is CCCc1n[nH]c(=S)n1Cc1scnc1C. The van der Waals surface area contributed by atoms with Gasteiger partial charge in [-0.15, -0.1) is 11.3 Å². The Morgan fingerprint density at radius 3 is 3.00 bits per heavy atom. The number of thiazole rings is 1. The minimum atomic E-state index is 0.691. The lowest BCUT2D eigenvalue weighted by Crippen LogP contribution is -2.05. The second kappa shape index (κ2) is 4.88. The van der Waals surface area contributed by atoms with Gasteiger partial charge in [0.1, 0.15) is 5.82 Å². The van der Waals surface area contributed by atoms with Crippen molar-refractivity contribution in [3.63, 3.8) is 0 Å². The van der Waals surface area contributed by atoms with Crippen molar-refractivity contribution in [3.05, 3.63) is 26.7 Å². The topological polar surface area (TPSA) is 46.5 Å². The monoisotopic (exact) mass is 254 g/mol. The second-order valence-electron chi connectivity index (χ2n) is 3.64. The summed E-state index contributed by atoms with van der Waals surface area (Å²) in [4.78, 5) is 5.49. The molecule has 0 bridgehead atoms. The van der Waals surface area contributed by atoms with E-state index in [4.69, 9.17) is 12.2 Å². The van der Waals surface area contributed by atoms with Crippen LogP contribution in [0.4, 0.5) is 0 Å². The van der Waals surface area contributed by atoms with E-state index in [0.29, 0.717) is 4.77 Å². The Morgan fingerprint density at radius 1 is 1.56 bits per heavy atom. The smallest absolute Gasteiger partial charge is 0.195 e. The summed E-state index contributed by atoms with van der Waals surface area (Å²) in [5.74, 6) is 1.03. The third-order valence-electron chi connectivity index (χ3n) is 2.46. The Balaban J connectivity index is 2.30. The molecule has 0 aliphatic heterocycles. The summed E-state index contributed by atoms with van der Waals surface area (Å²) >= 11 is 6.90. The number of H-pyrrole nitrogens is 1. The molecule has 0 aliphatic rings. The van der Waals surface area contributed by atoms with Gasteiger partial charge in [0.15, 0.2) is 4.77 Å². The fourth-order valence-electron chi connectivity index (χ4n) is 1.55. The summed E-state index contributed by atoms with van der Waals surface area (Å²) in [6.07, 6.45) is 2.02. The third kappa shape index (κ3) is 2.22. The van der Waals surface area contributed by atoms with Gasteiger partial charge in [-0.3, -0.25) is 9.67 Å². The molecule has 16 heavy (non-hydrogen) atoms. The normalized spacial score (nSPS) is 10.9. The molecule has 6 heteroatoms. The van der Waals surface area contributed by atoms with Gasteiger partial charge in [-0.2, -0.15) is 5.10 Å². The maximum absolute atomic E-state index is 5.23. The molecule has 2 rings (SSSR count). The molecule has 2 aromatic rings. The van der Waals surface area contributed by atoms with Crippen molar-refractivity contribution >= 4 is 23.6 Å². The highest BCUT2D eigenvalue weighted by Crippen LogP contribution is 2.15. The number of hydrogen-bond acceptors (Lipinski definition) is 4. The molecule has 4 nitrogen and oxygen atoms in total. The minimum absolute atomic E-state index is 0.691. The highest BCUT2D eigenvalue weighted by Gasteiger charge is 2.08. The summed E-state index contributed by atoms with van der Waals surface area (Å²) in [6.45, 7) is 4.94. The lowest BCUT2D eigenvalue weighted by atomic mass is 10.3. The Hall–Kier alpha value is -1.01. The van der Waals surface area contributed by atoms with Crippen LogP contribution in [-0.2, 0) is 13.0 Å². The molecule has 0 atom stereocenters. The molecule has 2 aromatic heterocycles. The van der Waals surface area contributed by atoms with Crippen molar-refractivity contribution in [2.24, 2.45) is 0 Å². The molecule has 0 radical (unpaired) electrons. The van der Waals surface area contributed by atoms with E-state index >= 15 is 0 Å². The van der Waals surface area contributed by atoms with Crippen LogP contribution >= 0.6 is 23.6 Å². The number of hydrogen-bond donors (Lipinski definition) is 1. The van der Waals surface area contributed by atoms with Gasteiger partial charge >= 0.3 is 0 Å². The van der Waals surface area contributed by atoms with Crippen LogP contribution in [0.5, 0.6) is 0 Å². The molecule has 0 saturated heterocycles. The Labute approximate surface area is 103 Å². The van der Waals surface area contributed by atoms with Gasteiger partial charge in [0.25, 0.3) is 0 Å². The van der Waals surface area contributed by atoms with Crippen molar-refractivity contribution in [1.29, 1.82) is 0 Å². The lowest BCUT2D eigenvalue weighted by molar-refractivity contribution is 0.702. The van der Waals surface area contributed by atoms with Crippen LogP contribution in [0.15, 0.2) is 5.51 Å². The van der Waals surface area contributed by atoms with E-state index in [0.717, 1.165) is 30.9 Å². The number of aromatic nitrogens is 4. The van der Waals surface area contributed by atoms with Gasteiger partial charge in [-0.1, -0.05) is 6.92 Å². The van der Waals surface area contributed by atoms with Crippen molar-refractivity contribution in [2.45, 2.75) is 33.2 Å². The molecule has 0 saturated carbocycles. The van der Waals surface area contributed by atoms with E-state index in [1.165, 1.54) is 4.88 Å². The van der Waals surface area contributed by atoms with Gasteiger partial charge in [-0.05, 0) is 25.6 Å². The summed E-state index contributed by atoms with van der Waals surface area (Å²) in [5, 5.41) is 7.10. The number of rotatable bonds is 4. The predicted molar refractivity (Wildman–Crippen MR) is 67.4 cm³/mol. The first-order valence-electron chi connectivity index (χ1n) is 5.25. The predicted octanol–water partition coefficient (Wildman–Crippen LogP) is 2.71. The zero-order valence-corrected chi connectivity index (χ0v) is 11.0. The van der Waals surface area contributed by atoms with Gasteiger partial charge in [0.05, 0.1) is 17.7 Å². The molecule has 2 heterocycles. The van der Waals surface area contributed by atoms with E-state index in [1.807, 2.05) is 12.4 Å². The van der Waals surface area contributed by atoms with Crippen LogP contribution in [0.3, 0.4) is 0 Å².